The van der Waals surface area contributed by atoms with Crippen molar-refractivity contribution in [1.82, 2.24) is 5.43 Å². The molecule has 2 rings (SSSR count). The first kappa shape index (κ1) is 13.8. The second-order valence-electron chi connectivity index (χ2n) is 4.38. The van der Waals surface area contributed by atoms with Crippen LogP contribution in [0.4, 0.5) is 5.69 Å². The van der Waals surface area contributed by atoms with Gasteiger partial charge in [-0.05, 0) is 29.7 Å². The summed E-state index contributed by atoms with van der Waals surface area (Å²) in [6, 6.07) is 14.9. The van der Waals surface area contributed by atoms with E-state index < -0.39 is 0 Å². The Labute approximate surface area is 118 Å². The fraction of sp³-hybridized carbons (Fsp3) is 0.125. The highest BCUT2D eigenvalue weighted by Gasteiger charge is 2.06. The summed E-state index contributed by atoms with van der Waals surface area (Å²) in [5, 5.41) is 3.93. The second kappa shape index (κ2) is 6.52. The number of carbonyl (C=O) groups excluding carboxylic acids is 1. The van der Waals surface area contributed by atoms with E-state index in [9.17, 15) is 4.79 Å². The SMILES string of the molecule is CCc1ccc(/C=N\NC(=O)c2ccccc2N)cc1. The molecule has 2 aromatic rings. The van der Waals surface area contributed by atoms with Crippen LogP contribution in [0, 0.1) is 0 Å². The standard InChI is InChI=1S/C16H17N3O/c1-2-12-7-9-13(10-8-12)11-18-19-16(20)14-5-3-4-6-15(14)17/h3-11H,2,17H2,1H3,(H,19,20)/b18-11-. The largest absolute Gasteiger partial charge is 0.398 e. The normalized spacial score (nSPS) is 10.7. The summed E-state index contributed by atoms with van der Waals surface area (Å²) in [6.07, 6.45) is 2.61. The van der Waals surface area contributed by atoms with Gasteiger partial charge in [0.1, 0.15) is 0 Å². The molecule has 20 heavy (non-hydrogen) atoms. The van der Waals surface area contributed by atoms with Crippen LogP contribution in [0.3, 0.4) is 0 Å². The lowest BCUT2D eigenvalue weighted by Gasteiger charge is -2.03. The second-order valence-corrected chi connectivity index (χ2v) is 4.38. The number of hydrazone groups is 1. The van der Waals surface area contributed by atoms with Gasteiger partial charge >= 0.3 is 0 Å². The summed E-state index contributed by atoms with van der Waals surface area (Å²) in [5.74, 6) is -0.315. The van der Waals surface area contributed by atoms with E-state index in [1.165, 1.54) is 5.56 Å². The number of benzene rings is 2. The van der Waals surface area contributed by atoms with E-state index in [4.69, 9.17) is 5.73 Å². The minimum atomic E-state index is -0.315. The molecule has 0 spiro atoms. The van der Waals surface area contributed by atoms with Gasteiger partial charge in [0.2, 0.25) is 0 Å². The number of para-hydroxylation sites is 1. The Balaban J connectivity index is 1.99. The fourth-order valence-electron chi connectivity index (χ4n) is 1.77. The molecule has 0 atom stereocenters. The molecular weight excluding hydrogens is 250 g/mol. The molecule has 2 aromatic carbocycles. The van der Waals surface area contributed by atoms with Crippen molar-refractivity contribution in [2.75, 3.05) is 5.73 Å². The molecule has 4 heteroatoms. The van der Waals surface area contributed by atoms with Crippen LogP contribution in [0.1, 0.15) is 28.4 Å². The number of hydrogen-bond acceptors (Lipinski definition) is 3. The molecule has 4 nitrogen and oxygen atoms in total. The lowest BCUT2D eigenvalue weighted by Crippen LogP contribution is -2.18. The Hall–Kier alpha value is -2.62. The zero-order chi connectivity index (χ0) is 14.4. The Morgan fingerprint density at radius 1 is 1.20 bits per heavy atom. The third kappa shape index (κ3) is 3.45. The van der Waals surface area contributed by atoms with Gasteiger partial charge in [0.25, 0.3) is 5.91 Å². The molecule has 3 N–H and O–H groups in total. The minimum absolute atomic E-state index is 0.315. The molecule has 0 aliphatic rings. The summed E-state index contributed by atoms with van der Waals surface area (Å²) in [5.41, 5.74) is 11.3. The highest BCUT2D eigenvalue weighted by atomic mass is 16.2. The van der Waals surface area contributed by atoms with E-state index in [0.717, 1.165) is 12.0 Å². The molecule has 0 aliphatic heterocycles. The third-order valence-corrected chi connectivity index (χ3v) is 2.97. The molecule has 0 saturated carbocycles. The molecule has 0 unspecified atom stereocenters. The Bertz CT molecular complexity index is 618. The molecule has 1 amide bonds. The Morgan fingerprint density at radius 2 is 1.90 bits per heavy atom. The summed E-state index contributed by atoms with van der Waals surface area (Å²) >= 11 is 0. The summed E-state index contributed by atoms with van der Waals surface area (Å²) in [7, 11) is 0. The maximum Gasteiger partial charge on any atom is 0.273 e. The third-order valence-electron chi connectivity index (χ3n) is 2.97. The van der Waals surface area contributed by atoms with Gasteiger partial charge < -0.3 is 5.73 Å². The van der Waals surface area contributed by atoms with E-state index in [1.54, 1.807) is 30.5 Å². The van der Waals surface area contributed by atoms with E-state index in [2.05, 4.69) is 17.5 Å². The van der Waals surface area contributed by atoms with Crippen LogP contribution >= 0.6 is 0 Å². The zero-order valence-corrected chi connectivity index (χ0v) is 11.3. The lowest BCUT2D eigenvalue weighted by molar-refractivity contribution is 0.0956. The number of nitrogens with one attached hydrogen (secondary N) is 1. The fourth-order valence-corrected chi connectivity index (χ4v) is 1.77. The summed E-state index contributed by atoms with van der Waals surface area (Å²) in [6.45, 7) is 2.10. The highest BCUT2D eigenvalue weighted by Crippen LogP contribution is 2.09. The van der Waals surface area contributed by atoms with Crippen molar-refractivity contribution in [2.24, 2.45) is 5.10 Å². The Morgan fingerprint density at radius 3 is 2.55 bits per heavy atom. The number of amides is 1. The van der Waals surface area contributed by atoms with Crippen LogP contribution in [0.25, 0.3) is 0 Å². The van der Waals surface area contributed by atoms with Gasteiger partial charge in [0.15, 0.2) is 0 Å². The first-order valence-corrected chi connectivity index (χ1v) is 6.47. The van der Waals surface area contributed by atoms with Crippen molar-refractivity contribution in [3.05, 3.63) is 65.2 Å². The molecule has 0 saturated heterocycles. The van der Waals surface area contributed by atoms with Crippen molar-refractivity contribution < 1.29 is 4.79 Å². The van der Waals surface area contributed by atoms with Gasteiger partial charge in [-0.1, -0.05) is 43.3 Å². The van der Waals surface area contributed by atoms with E-state index in [1.807, 2.05) is 24.3 Å². The molecule has 0 bridgehead atoms. The van der Waals surface area contributed by atoms with Crippen molar-refractivity contribution in [3.8, 4) is 0 Å². The maximum atomic E-state index is 11.9. The predicted octanol–water partition coefficient (Wildman–Crippen LogP) is 2.60. The molecular formula is C16H17N3O. The van der Waals surface area contributed by atoms with Crippen LogP contribution < -0.4 is 11.2 Å². The highest BCUT2D eigenvalue weighted by molar-refractivity contribution is 5.99. The molecule has 0 heterocycles. The van der Waals surface area contributed by atoms with Crippen LogP contribution in [-0.2, 0) is 6.42 Å². The van der Waals surface area contributed by atoms with E-state index in [0.29, 0.717) is 11.3 Å². The number of nitrogen functional groups attached to an aromatic ring is 1. The monoisotopic (exact) mass is 267 g/mol. The Kier molecular flexibility index (Phi) is 4.50. The van der Waals surface area contributed by atoms with Gasteiger partial charge in [-0.2, -0.15) is 5.10 Å². The topological polar surface area (TPSA) is 67.5 Å². The van der Waals surface area contributed by atoms with Gasteiger partial charge in [0, 0.05) is 5.69 Å². The van der Waals surface area contributed by atoms with Gasteiger partial charge in [-0.25, -0.2) is 5.43 Å². The lowest BCUT2D eigenvalue weighted by atomic mass is 10.1. The van der Waals surface area contributed by atoms with E-state index in [-0.39, 0.29) is 5.91 Å². The first-order chi connectivity index (χ1) is 9.70. The minimum Gasteiger partial charge on any atom is -0.398 e. The van der Waals surface area contributed by atoms with Crippen LogP contribution in [0.2, 0.25) is 0 Å². The zero-order valence-electron chi connectivity index (χ0n) is 11.3. The average Bonchev–Trinajstić information content (AvgIpc) is 2.48. The number of anilines is 1. The van der Waals surface area contributed by atoms with Gasteiger partial charge in [-0.15, -0.1) is 0 Å². The van der Waals surface area contributed by atoms with Crippen molar-refractivity contribution in [1.29, 1.82) is 0 Å². The quantitative estimate of drug-likeness (QED) is 0.508. The number of nitrogens with two attached hydrogens (primary N) is 1. The van der Waals surface area contributed by atoms with E-state index >= 15 is 0 Å². The van der Waals surface area contributed by atoms with Crippen LogP contribution in [0.15, 0.2) is 53.6 Å². The molecule has 0 aromatic heterocycles. The average molecular weight is 267 g/mol. The van der Waals surface area contributed by atoms with Crippen molar-refractivity contribution >= 4 is 17.8 Å². The van der Waals surface area contributed by atoms with Gasteiger partial charge in [0.05, 0.1) is 11.8 Å². The van der Waals surface area contributed by atoms with Crippen LogP contribution in [0.5, 0.6) is 0 Å². The maximum absolute atomic E-state index is 11.9. The summed E-state index contributed by atoms with van der Waals surface area (Å²) < 4.78 is 0. The summed E-state index contributed by atoms with van der Waals surface area (Å²) in [4.78, 5) is 11.9. The van der Waals surface area contributed by atoms with Crippen molar-refractivity contribution in [3.63, 3.8) is 0 Å². The number of aryl methyl sites for hydroxylation is 1. The number of hydrogen-bond donors (Lipinski definition) is 2. The smallest absolute Gasteiger partial charge is 0.273 e. The number of rotatable bonds is 4. The van der Waals surface area contributed by atoms with Gasteiger partial charge in [-0.3, -0.25) is 4.79 Å². The van der Waals surface area contributed by atoms with Crippen molar-refractivity contribution in [2.45, 2.75) is 13.3 Å². The predicted molar refractivity (Wildman–Crippen MR) is 81.7 cm³/mol. The number of nitrogens with zero attached hydrogens (tertiary/aromatic N) is 1. The molecule has 0 radical (unpaired) electrons. The first-order valence-electron chi connectivity index (χ1n) is 6.47. The molecule has 0 fully saturated rings. The number of carbonyl (C=O) groups is 1. The van der Waals surface area contributed by atoms with Crippen LogP contribution in [-0.4, -0.2) is 12.1 Å². The molecule has 0 aliphatic carbocycles. The molecule has 102 valence electrons.